The van der Waals surface area contributed by atoms with E-state index in [0.29, 0.717) is 24.6 Å². The number of aromatic nitrogens is 2. The van der Waals surface area contributed by atoms with Crippen molar-refractivity contribution in [2.45, 2.75) is 26.4 Å². The molecule has 100 valence electrons. The van der Waals surface area contributed by atoms with Gasteiger partial charge in [-0.05, 0) is 18.9 Å². The summed E-state index contributed by atoms with van der Waals surface area (Å²) in [5.41, 5.74) is 1.84. The highest BCUT2D eigenvalue weighted by Gasteiger charge is 2.06. The molecule has 0 amide bonds. The van der Waals surface area contributed by atoms with Gasteiger partial charge < -0.3 is 9.84 Å². The molecule has 1 N–H and O–H groups in total. The third kappa shape index (κ3) is 3.29. The van der Waals surface area contributed by atoms with Crippen LogP contribution < -0.4 is 4.74 Å². The Balaban J connectivity index is 2.17. The van der Waals surface area contributed by atoms with Crippen LogP contribution in [0.15, 0.2) is 36.7 Å². The van der Waals surface area contributed by atoms with Gasteiger partial charge in [0, 0.05) is 5.56 Å². The molecular weight excluding hydrogens is 240 g/mol. The number of aliphatic hydroxyl groups is 1. The number of ether oxygens (including phenoxy) is 1. The van der Waals surface area contributed by atoms with Crippen LogP contribution >= 0.6 is 0 Å². The van der Waals surface area contributed by atoms with Gasteiger partial charge >= 0.3 is 0 Å². The lowest BCUT2D eigenvalue weighted by Gasteiger charge is -2.08. The Morgan fingerprint density at radius 3 is 2.26 bits per heavy atom. The Hall–Kier alpha value is -1.94. The largest absolute Gasteiger partial charge is 0.491 e. The van der Waals surface area contributed by atoms with Gasteiger partial charge in [-0.1, -0.05) is 31.2 Å². The molecule has 19 heavy (non-hydrogen) atoms. The van der Waals surface area contributed by atoms with Crippen LogP contribution in [-0.2, 0) is 0 Å². The molecule has 0 saturated carbocycles. The zero-order chi connectivity index (χ0) is 13.7. The Morgan fingerprint density at radius 1 is 1.11 bits per heavy atom. The van der Waals surface area contributed by atoms with Gasteiger partial charge in [-0.3, -0.25) is 0 Å². The van der Waals surface area contributed by atoms with Gasteiger partial charge in [0.25, 0.3) is 0 Å². The monoisotopic (exact) mass is 258 g/mol. The van der Waals surface area contributed by atoms with E-state index >= 15 is 0 Å². The number of benzene rings is 1. The summed E-state index contributed by atoms with van der Waals surface area (Å²) < 4.78 is 5.30. The average Bonchev–Trinajstić information content (AvgIpc) is 2.48. The highest BCUT2D eigenvalue weighted by molar-refractivity contribution is 5.55. The topological polar surface area (TPSA) is 55.2 Å². The van der Waals surface area contributed by atoms with E-state index < -0.39 is 6.10 Å². The second kappa shape index (κ2) is 6.29. The quantitative estimate of drug-likeness (QED) is 0.895. The van der Waals surface area contributed by atoms with Crippen molar-refractivity contribution in [1.82, 2.24) is 9.97 Å². The van der Waals surface area contributed by atoms with Crippen molar-refractivity contribution in [3.8, 4) is 17.1 Å². The summed E-state index contributed by atoms with van der Waals surface area (Å²) in [4.78, 5) is 8.53. The fourth-order valence-electron chi connectivity index (χ4n) is 1.80. The van der Waals surface area contributed by atoms with Crippen LogP contribution in [-0.4, -0.2) is 21.7 Å². The number of hydrogen-bond acceptors (Lipinski definition) is 4. The van der Waals surface area contributed by atoms with Crippen molar-refractivity contribution in [3.63, 3.8) is 0 Å². The molecule has 4 heteroatoms. The van der Waals surface area contributed by atoms with Crippen molar-refractivity contribution in [3.05, 3.63) is 42.2 Å². The molecule has 1 aromatic heterocycles. The molecule has 1 atom stereocenters. The third-order valence-corrected chi connectivity index (χ3v) is 2.88. The lowest BCUT2D eigenvalue weighted by atomic mass is 10.1. The zero-order valence-electron chi connectivity index (χ0n) is 11.2. The molecule has 1 heterocycles. The second-order valence-electron chi connectivity index (χ2n) is 4.22. The molecular formula is C15H18N2O2. The molecule has 0 aliphatic carbocycles. The van der Waals surface area contributed by atoms with Crippen LogP contribution in [0.5, 0.6) is 5.75 Å². The van der Waals surface area contributed by atoms with Crippen molar-refractivity contribution < 1.29 is 9.84 Å². The first-order chi connectivity index (χ1) is 9.24. The normalized spacial score (nSPS) is 12.2. The van der Waals surface area contributed by atoms with Gasteiger partial charge in [0.2, 0.25) is 0 Å². The second-order valence-corrected chi connectivity index (χ2v) is 4.22. The lowest BCUT2D eigenvalue weighted by Crippen LogP contribution is -1.96. The van der Waals surface area contributed by atoms with Gasteiger partial charge in [-0.2, -0.15) is 0 Å². The molecule has 0 spiro atoms. The van der Waals surface area contributed by atoms with E-state index in [-0.39, 0.29) is 0 Å². The maximum Gasteiger partial charge on any atom is 0.159 e. The van der Waals surface area contributed by atoms with E-state index in [4.69, 9.17) is 4.74 Å². The first-order valence-electron chi connectivity index (χ1n) is 6.47. The first kappa shape index (κ1) is 13.5. The van der Waals surface area contributed by atoms with Gasteiger partial charge in [0.05, 0.1) is 25.1 Å². The number of hydrogen-bond donors (Lipinski definition) is 1. The smallest absolute Gasteiger partial charge is 0.159 e. The first-order valence-corrected chi connectivity index (χ1v) is 6.47. The van der Waals surface area contributed by atoms with E-state index in [1.54, 1.807) is 12.4 Å². The number of nitrogens with zero attached hydrogens (tertiary/aromatic N) is 2. The average molecular weight is 258 g/mol. The molecule has 0 bridgehead atoms. The maximum atomic E-state index is 9.74. The van der Waals surface area contributed by atoms with Crippen molar-refractivity contribution in [1.29, 1.82) is 0 Å². The van der Waals surface area contributed by atoms with Crippen LogP contribution in [0.4, 0.5) is 0 Å². The van der Waals surface area contributed by atoms with Crippen LogP contribution in [0.2, 0.25) is 0 Å². The summed E-state index contributed by atoms with van der Waals surface area (Å²) in [6.07, 6.45) is 3.63. The molecule has 1 aromatic carbocycles. The Kier molecular flexibility index (Phi) is 4.47. The lowest BCUT2D eigenvalue weighted by molar-refractivity contribution is 0.173. The zero-order valence-corrected chi connectivity index (χ0v) is 11.2. The Bertz CT molecular complexity index is 509. The van der Waals surface area contributed by atoms with Gasteiger partial charge in [-0.15, -0.1) is 0 Å². The highest BCUT2D eigenvalue weighted by Crippen LogP contribution is 2.21. The Labute approximate surface area is 113 Å². The van der Waals surface area contributed by atoms with E-state index in [0.717, 1.165) is 11.1 Å². The van der Waals surface area contributed by atoms with Crippen molar-refractivity contribution in [2.75, 3.05) is 6.61 Å². The van der Waals surface area contributed by atoms with Gasteiger partial charge in [0.15, 0.2) is 11.6 Å². The molecule has 0 aliphatic heterocycles. The molecule has 2 rings (SSSR count). The molecule has 2 aromatic rings. The fraction of sp³-hybridized carbons (Fsp3) is 0.333. The fourth-order valence-corrected chi connectivity index (χ4v) is 1.80. The summed E-state index contributed by atoms with van der Waals surface area (Å²) in [5.74, 6) is 1.32. The molecule has 0 fully saturated rings. The Morgan fingerprint density at radius 2 is 1.74 bits per heavy atom. The van der Waals surface area contributed by atoms with Gasteiger partial charge in [-0.25, -0.2) is 9.97 Å². The third-order valence-electron chi connectivity index (χ3n) is 2.88. The van der Waals surface area contributed by atoms with E-state index in [9.17, 15) is 5.11 Å². The van der Waals surface area contributed by atoms with E-state index in [1.165, 1.54) is 0 Å². The van der Waals surface area contributed by atoms with Crippen LogP contribution in [0, 0.1) is 0 Å². The standard InChI is InChI=1S/C15H18N2O2/c1-3-14(18)11-5-7-12(8-6-11)15-16-9-13(10-17-15)19-4-2/h5-10,14,18H,3-4H2,1-2H3. The molecule has 0 radical (unpaired) electrons. The van der Waals surface area contributed by atoms with Gasteiger partial charge in [0.1, 0.15) is 0 Å². The minimum atomic E-state index is -0.407. The van der Waals surface area contributed by atoms with Crippen LogP contribution in [0.1, 0.15) is 31.9 Å². The molecule has 0 aliphatic rings. The predicted molar refractivity (Wildman–Crippen MR) is 73.9 cm³/mol. The molecule has 0 saturated heterocycles. The summed E-state index contributed by atoms with van der Waals surface area (Å²) in [5, 5.41) is 9.74. The van der Waals surface area contributed by atoms with Crippen LogP contribution in [0.3, 0.4) is 0 Å². The SMILES string of the molecule is CCOc1cnc(-c2ccc(C(O)CC)cc2)nc1. The van der Waals surface area contributed by atoms with E-state index in [1.807, 2.05) is 38.1 Å². The highest BCUT2D eigenvalue weighted by atomic mass is 16.5. The summed E-state index contributed by atoms with van der Waals surface area (Å²) in [6, 6.07) is 7.65. The predicted octanol–water partition coefficient (Wildman–Crippen LogP) is 2.99. The summed E-state index contributed by atoms with van der Waals surface area (Å²) in [6.45, 7) is 4.48. The van der Waals surface area contributed by atoms with Crippen molar-refractivity contribution >= 4 is 0 Å². The summed E-state index contributed by atoms with van der Waals surface area (Å²) >= 11 is 0. The minimum Gasteiger partial charge on any atom is -0.491 e. The molecule has 1 unspecified atom stereocenters. The number of rotatable bonds is 5. The van der Waals surface area contributed by atoms with E-state index in [2.05, 4.69) is 9.97 Å². The maximum absolute atomic E-state index is 9.74. The van der Waals surface area contributed by atoms with Crippen LogP contribution in [0.25, 0.3) is 11.4 Å². The minimum absolute atomic E-state index is 0.407. The number of aliphatic hydroxyl groups excluding tert-OH is 1. The summed E-state index contributed by atoms with van der Waals surface area (Å²) in [7, 11) is 0. The van der Waals surface area contributed by atoms with Crippen molar-refractivity contribution in [2.24, 2.45) is 0 Å². The molecule has 4 nitrogen and oxygen atoms in total.